The van der Waals surface area contributed by atoms with Crippen molar-refractivity contribution in [1.82, 2.24) is 25.0 Å². The van der Waals surface area contributed by atoms with E-state index in [-0.39, 0.29) is 0 Å². The lowest BCUT2D eigenvalue weighted by Crippen LogP contribution is -2.35. The number of urea groups is 1. The molecule has 1 heterocycles. The molecular weight excluding hydrogens is 305 g/mol. The first-order chi connectivity index (χ1) is 10.1. The Bertz CT molecular complexity index is 592. The molecule has 0 aliphatic heterocycles. The molecule has 0 fully saturated rings. The van der Waals surface area contributed by atoms with E-state index in [2.05, 4.69) is 10.2 Å². The summed E-state index contributed by atoms with van der Waals surface area (Å²) in [5.74, 6) is 0. The van der Waals surface area contributed by atoms with Crippen molar-refractivity contribution < 1.29 is 21.8 Å². The van der Waals surface area contributed by atoms with Crippen LogP contribution in [0, 0.1) is 0 Å². The summed E-state index contributed by atoms with van der Waals surface area (Å²) in [5, 5.41) is 8.45. The predicted octanol–water partition coefficient (Wildman–Crippen LogP) is 2.27. The summed E-state index contributed by atoms with van der Waals surface area (Å²) < 4.78 is 44.6. The zero-order valence-corrected chi connectivity index (χ0v) is 12.5. The third kappa shape index (κ3) is 5.98. The Morgan fingerprint density at radius 2 is 1.32 bits per heavy atom. The molecule has 2 aromatic rings. The first-order valence-corrected chi connectivity index (χ1v) is 6.17. The lowest BCUT2D eigenvalue weighted by Gasteiger charge is -2.09. The fraction of sp³-hybridized carbons (Fsp3) is 0.364. The van der Waals surface area contributed by atoms with Gasteiger partial charge in [0.05, 0.1) is 0 Å². The maximum atomic E-state index is 9.75. The highest BCUT2D eigenvalue weighted by molar-refractivity contribution is 6.50. The molecule has 0 unspecified atom stereocenters. The third-order valence-electron chi connectivity index (χ3n) is 2.20. The molecule has 122 valence electrons. The van der Waals surface area contributed by atoms with Crippen LogP contribution in [0.15, 0.2) is 24.3 Å². The van der Waals surface area contributed by atoms with Crippen LogP contribution < -0.4 is 0 Å². The van der Waals surface area contributed by atoms with Crippen molar-refractivity contribution in [1.29, 1.82) is 0 Å². The number of aromatic nitrogens is 3. The highest BCUT2D eigenvalue weighted by Crippen LogP contribution is 2.08. The number of hydrogen-bond acceptors (Lipinski definition) is 2. The number of fused-ring (bicyclic) bond motifs is 1. The molecule has 0 saturated heterocycles. The average molecular weight is 321 g/mol. The van der Waals surface area contributed by atoms with Gasteiger partial charge < -0.3 is 17.3 Å². The van der Waals surface area contributed by atoms with Crippen molar-refractivity contribution in [3.63, 3.8) is 0 Å². The zero-order valence-electron chi connectivity index (χ0n) is 12.5. The minimum atomic E-state index is -6.00. The Hall–Kier alpha value is -2.33. The fourth-order valence-electron chi connectivity index (χ4n) is 1.52. The number of carbonyl (C=O) groups excluding carboxylic acids is 1. The van der Waals surface area contributed by atoms with Gasteiger partial charge in [-0.25, -0.2) is 0 Å². The van der Waals surface area contributed by atoms with Crippen LogP contribution in [0.3, 0.4) is 0 Å². The van der Waals surface area contributed by atoms with Crippen LogP contribution in [-0.4, -0.2) is 66.4 Å². The number of nitrogens with zero attached hydrogens (tertiary/aromatic N) is 5. The first-order valence-electron chi connectivity index (χ1n) is 6.17. The largest absolute Gasteiger partial charge is 0.673 e. The van der Waals surface area contributed by atoms with Crippen LogP contribution in [0.5, 0.6) is 0 Å². The van der Waals surface area contributed by atoms with Crippen molar-refractivity contribution in [2.24, 2.45) is 0 Å². The monoisotopic (exact) mass is 321 g/mol. The highest BCUT2D eigenvalue weighted by atomic mass is 19.5. The standard InChI is InChI=1S/C11H16N5O.BF4/c1-14(2)11(15(3)4)17-16-12-9-7-5-6-8-10(9)13-16;2-1(3,4)5/h5-8H,1-4H3;/q+1;-1. The zero-order chi connectivity index (χ0) is 16.9. The van der Waals surface area contributed by atoms with E-state index in [0.717, 1.165) is 11.0 Å². The van der Waals surface area contributed by atoms with E-state index in [1.165, 1.54) is 4.96 Å². The molecule has 0 aliphatic carbocycles. The average Bonchev–Trinajstić information content (AvgIpc) is 2.75. The Labute approximate surface area is 124 Å². The minimum Gasteiger partial charge on any atom is -0.418 e. The molecule has 1 aromatic carbocycles. The number of amides is 2. The highest BCUT2D eigenvalue weighted by Gasteiger charge is 2.22. The molecule has 6 nitrogen and oxygen atoms in total. The van der Waals surface area contributed by atoms with Crippen LogP contribution in [0.25, 0.3) is 11.0 Å². The van der Waals surface area contributed by atoms with Crippen LogP contribution in [-0.2, 0) is 0 Å². The molecular formula is C11H16BF4N5O. The fourth-order valence-corrected chi connectivity index (χ4v) is 1.52. The number of hydrogen-bond donors (Lipinski definition) is 0. The number of benzene rings is 1. The molecule has 1 aromatic heterocycles. The second kappa shape index (κ2) is 7.10. The molecule has 0 radical (unpaired) electrons. The summed E-state index contributed by atoms with van der Waals surface area (Å²) in [4.78, 5) is 4.95. The van der Waals surface area contributed by atoms with Gasteiger partial charge in [0.2, 0.25) is 4.96 Å². The quantitative estimate of drug-likeness (QED) is 0.460. The first kappa shape index (κ1) is 17.7. The van der Waals surface area contributed by atoms with Crippen molar-refractivity contribution >= 4 is 24.3 Å². The van der Waals surface area contributed by atoms with Crippen LogP contribution >= 0.6 is 0 Å². The summed E-state index contributed by atoms with van der Waals surface area (Å²) in [6, 6.07) is 8.29. The van der Waals surface area contributed by atoms with Crippen molar-refractivity contribution in [3.05, 3.63) is 24.3 Å². The molecule has 0 spiro atoms. The van der Waals surface area contributed by atoms with Gasteiger partial charge in [0.25, 0.3) is 0 Å². The van der Waals surface area contributed by atoms with Crippen molar-refractivity contribution in [3.8, 4) is 0 Å². The maximum absolute atomic E-state index is 9.75. The molecule has 2 amide bonds. The molecule has 11 heteroatoms. The van der Waals surface area contributed by atoms with Gasteiger partial charge in [0.1, 0.15) is 11.0 Å². The summed E-state index contributed by atoms with van der Waals surface area (Å²) in [5.41, 5.74) is 1.62. The Morgan fingerprint density at radius 1 is 0.955 bits per heavy atom. The normalized spacial score (nSPS) is 10.7. The molecule has 0 aliphatic rings. The van der Waals surface area contributed by atoms with Gasteiger partial charge >= 0.3 is 13.3 Å². The molecule has 0 atom stereocenters. The number of halogens is 4. The van der Waals surface area contributed by atoms with E-state index in [1.54, 1.807) is 0 Å². The summed E-state index contributed by atoms with van der Waals surface area (Å²) in [6.07, 6.45) is 0. The maximum Gasteiger partial charge on any atom is 0.673 e. The Morgan fingerprint density at radius 3 is 1.64 bits per heavy atom. The van der Waals surface area contributed by atoms with Gasteiger partial charge in [0, 0.05) is 28.2 Å². The Balaban J connectivity index is 0.000000422. The van der Waals surface area contributed by atoms with Gasteiger partial charge in [-0.05, 0) is 16.7 Å². The van der Waals surface area contributed by atoms with Gasteiger partial charge in [0.15, 0.2) is 0 Å². The topological polar surface area (TPSA) is 48.5 Å². The van der Waals surface area contributed by atoms with Crippen molar-refractivity contribution in [2.75, 3.05) is 28.2 Å². The van der Waals surface area contributed by atoms with E-state index in [1.807, 2.05) is 62.3 Å². The van der Waals surface area contributed by atoms with E-state index >= 15 is 0 Å². The van der Waals surface area contributed by atoms with E-state index in [4.69, 9.17) is 4.53 Å². The molecule has 22 heavy (non-hydrogen) atoms. The lowest BCUT2D eigenvalue weighted by molar-refractivity contribution is -0.266. The predicted molar refractivity (Wildman–Crippen MR) is 75.9 cm³/mol. The van der Waals surface area contributed by atoms with Crippen molar-refractivity contribution in [2.45, 2.75) is 0 Å². The molecule has 0 bridgehead atoms. The lowest BCUT2D eigenvalue weighted by atomic mass is 10.3. The molecule has 0 saturated carbocycles. The van der Waals surface area contributed by atoms with Gasteiger partial charge in [-0.2, -0.15) is 0 Å². The summed E-state index contributed by atoms with van der Waals surface area (Å²) in [7, 11) is 1.61. The second-order valence-corrected chi connectivity index (χ2v) is 4.60. The number of rotatable bonds is 1. The summed E-state index contributed by atoms with van der Waals surface area (Å²) >= 11 is 0. The van der Waals surface area contributed by atoms with Gasteiger partial charge in [-0.1, -0.05) is 22.3 Å². The third-order valence-corrected chi connectivity index (χ3v) is 2.20. The van der Waals surface area contributed by atoms with Gasteiger partial charge in [-0.15, -0.1) is 0 Å². The minimum absolute atomic E-state index is 0.658. The summed E-state index contributed by atoms with van der Waals surface area (Å²) in [6.45, 7) is 0. The van der Waals surface area contributed by atoms with Crippen LogP contribution in [0.1, 0.15) is 0 Å². The second-order valence-electron chi connectivity index (χ2n) is 4.60. The van der Waals surface area contributed by atoms with E-state index in [9.17, 15) is 17.3 Å². The smallest absolute Gasteiger partial charge is 0.418 e. The van der Waals surface area contributed by atoms with E-state index in [0.29, 0.717) is 6.03 Å². The Kier molecular flexibility index (Phi) is 5.72. The SMILES string of the molecule is CN(C)C(=[O+]n1nc2ccccc2n1)N(C)C.F[B-](F)(F)F. The van der Waals surface area contributed by atoms with Crippen LogP contribution in [0.4, 0.5) is 21.8 Å². The molecule has 2 rings (SSSR count). The van der Waals surface area contributed by atoms with Gasteiger partial charge in [-0.3, -0.25) is 9.80 Å². The van der Waals surface area contributed by atoms with Crippen LogP contribution in [0.2, 0.25) is 0 Å². The van der Waals surface area contributed by atoms with E-state index < -0.39 is 7.25 Å². The molecule has 0 N–H and O–H groups in total.